The van der Waals surface area contributed by atoms with Crippen LogP contribution in [0.3, 0.4) is 0 Å². The number of H-pyrrole nitrogens is 1. The van der Waals surface area contributed by atoms with Crippen LogP contribution in [-0.2, 0) is 5.41 Å². The lowest BCUT2D eigenvalue weighted by molar-refractivity contribution is -0.0952. The van der Waals surface area contributed by atoms with Gasteiger partial charge >= 0.3 is 0 Å². The normalized spacial score (nSPS) is 25.8. The molecule has 0 radical (unpaired) electrons. The Kier molecular flexibility index (Phi) is 5.04. The topological polar surface area (TPSA) is 81.5 Å². The first-order valence-corrected chi connectivity index (χ1v) is 12.4. The van der Waals surface area contributed by atoms with Crippen LogP contribution in [0.2, 0.25) is 0 Å². The molecule has 0 spiro atoms. The molecule has 1 saturated carbocycles. The number of aryl methyl sites for hydroxylation is 1. The minimum atomic E-state index is -0.858. The summed E-state index contributed by atoms with van der Waals surface area (Å²) in [6, 6.07) is 22.0. The zero-order valence-electron chi connectivity index (χ0n) is 20.9. The maximum atomic E-state index is 13.3. The molecule has 6 rings (SSSR count). The quantitative estimate of drug-likeness (QED) is 0.406. The highest BCUT2D eigenvalue weighted by Crippen LogP contribution is 2.52. The van der Waals surface area contributed by atoms with Crippen LogP contribution in [0.15, 0.2) is 83.3 Å². The summed E-state index contributed by atoms with van der Waals surface area (Å²) in [6.45, 7) is 6.20. The lowest BCUT2D eigenvalue weighted by atomic mass is 9.64. The van der Waals surface area contributed by atoms with Crippen molar-refractivity contribution in [2.24, 2.45) is 5.92 Å². The molecule has 1 aliphatic carbocycles. The predicted molar refractivity (Wildman–Crippen MR) is 143 cm³/mol. The van der Waals surface area contributed by atoms with Crippen LogP contribution in [0.25, 0.3) is 16.5 Å². The molecule has 1 fully saturated rings. The maximum absolute atomic E-state index is 13.3. The molecule has 36 heavy (non-hydrogen) atoms. The Balaban J connectivity index is 1.35. The summed E-state index contributed by atoms with van der Waals surface area (Å²) in [4.78, 5) is 15.4. The number of likely N-dealkylation sites (N-methyl/N-ethyl adjacent to an activating group) is 1. The molecule has 0 saturated heterocycles. The molecule has 1 aliphatic heterocycles. The Bertz CT molecular complexity index is 1550. The monoisotopic (exact) mass is 481 g/mol. The number of para-hydroxylation sites is 1. The number of hydrogen-bond acceptors (Lipinski definition) is 4. The lowest BCUT2D eigenvalue weighted by Crippen LogP contribution is -2.54. The second-order valence-electron chi connectivity index (χ2n) is 10.6. The molecule has 6 heteroatoms. The summed E-state index contributed by atoms with van der Waals surface area (Å²) in [7, 11) is 2.04. The van der Waals surface area contributed by atoms with Crippen LogP contribution in [0.4, 0.5) is 5.69 Å². The van der Waals surface area contributed by atoms with Crippen LogP contribution >= 0.6 is 0 Å². The number of nitrogens with one attached hydrogen (secondary N) is 1. The van der Waals surface area contributed by atoms with E-state index in [0.717, 1.165) is 17.1 Å². The SMILES string of the molecule is Cc1[nH]n(-c2ccccc2)c(=O)c1C1C(O)C(/C=C2/N(C)c3ccc4ccccc4c3C2(C)C)C1O. The van der Waals surface area contributed by atoms with Gasteiger partial charge in [-0.3, -0.25) is 9.89 Å². The number of nitrogens with zero attached hydrogens (tertiary/aromatic N) is 2. The third kappa shape index (κ3) is 3.08. The van der Waals surface area contributed by atoms with E-state index < -0.39 is 24.0 Å². The van der Waals surface area contributed by atoms with Gasteiger partial charge in [-0.15, -0.1) is 0 Å². The second kappa shape index (κ2) is 7.95. The van der Waals surface area contributed by atoms with Crippen LogP contribution in [0, 0.1) is 12.8 Å². The Labute approximate surface area is 210 Å². The average Bonchev–Trinajstić information content (AvgIpc) is 3.27. The smallest absolute Gasteiger partial charge is 0.275 e. The molecular weight excluding hydrogens is 450 g/mol. The van der Waals surface area contributed by atoms with E-state index in [1.807, 2.05) is 56.4 Å². The molecule has 0 amide bonds. The second-order valence-corrected chi connectivity index (χ2v) is 10.6. The molecule has 3 N–H and O–H groups in total. The van der Waals surface area contributed by atoms with Gasteiger partial charge in [-0.25, -0.2) is 4.68 Å². The van der Waals surface area contributed by atoms with Crippen molar-refractivity contribution in [3.63, 3.8) is 0 Å². The van der Waals surface area contributed by atoms with E-state index in [2.05, 4.69) is 54.2 Å². The van der Waals surface area contributed by atoms with E-state index in [1.54, 1.807) is 0 Å². The Morgan fingerprint density at radius 3 is 2.33 bits per heavy atom. The van der Waals surface area contributed by atoms with Gasteiger partial charge in [0.05, 0.1) is 17.9 Å². The zero-order chi connectivity index (χ0) is 25.4. The summed E-state index contributed by atoms with van der Waals surface area (Å²) in [6.07, 6.45) is 0.297. The fraction of sp³-hybridized carbons (Fsp3) is 0.300. The van der Waals surface area contributed by atoms with Crippen molar-refractivity contribution in [1.82, 2.24) is 9.78 Å². The molecule has 2 aliphatic rings. The van der Waals surface area contributed by atoms with Crippen molar-refractivity contribution >= 4 is 16.5 Å². The van der Waals surface area contributed by atoms with Gasteiger partial charge in [0.15, 0.2) is 0 Å². The van der Waals surface area contributed by atoms with Crippen molar-refractivity contribution in [3.8, 4) is 5.69 Å². The summed E-state index contributed by atoms with van der Waals surface area (Å²) < 4.78 is 1.48. The molecule has 0 bridgehead atoms. The number of benzene rings is 3. The van der Waals surface area contributed by atoms with Crippen molar-refractivity contribution in [3.05, 3.63) is 106 Å². The predicted octanol–water partition coefficient (Wildman–Crippen LogP) is 4.37. The summed E-state index contributed by atoms with van der Waals surface area (Å²) >= 11 is 0. The van der Waals surface area contributed by atoms with Gasteiger partial charge in [0, 0.05) is 46.9 Å². The first-order valence-electron chi connectivity index (χ1n) is 12.4. The van der Waals surface area contributed by atoms with Gasteiger partial charge in [-0.2, -0.15) is 0 Å². The van der Waals surface area contributed by atoms with Crippen molar-refractivity contribution in [2.75, 3.05) is 11.9 Å². The summed E-state index contributed by atoms with van der Waals surface area (Å²) in [5.41, 5.74) is 4.72. The molecule has 4 aromatic rings. The standard InChI is InChI=1S/C30H31N3O3/c1-17-24(29(36)33(31-17)19-11-6-5-7-12-19)25-27(34)21(28(25)35)16-23-30(2,3)26-20-13-9-8-10-18(20)14-15-22(26)32(23)4/h5-16,21,25,27-28,31,34-35H,1-4H3/b23-16+. The highest BCUT2D eigenvalue weighted by atomic mass is 16.3. The number of hydrogen-bond donors (Lipinski definition) is 3. The van der Waals surface area contributed by atoms with Crippen LogP contribution in [0.5, 0.6) is 0 Å². The van der Waals surface area contributed by atoms with E-state index in [4.69, 9.17) is 0 Å². The minimum absolute atomic E-state index is 0.231. The number of fused-ring (bicyclic) bond motifs is 3. The van der Waals surface area contributed by atoms with Crippen molar-refractivity contribution < 1.29 is 10.2 Å². The fourth-order valence-electron chi connectivity index (χ4n) is 6.36. The number of anilines is 1. The Hall–Kier alpha value is -3.61. The molecule has 2 heterocycles. The van der Waals surface area contributed by atoms with Gasteiger partial charge in [0.25, 0.3) is 5.56 Å². The molecular formula is C30H31N3O3. The van der Waals surface area contributed by atoms with E-state index >= 15 is 0 Å². The lowest BCUT2D eigenvalue weighted by Gasteiger charge is -2.45. The van der Waals surface area contributed by atoms with Crippen LogP contribution in [0.1, 0.15) is 36.6 Å². The minimum Gasteiger partial charge on any atom is -0.392 e. The van der Waals surface area contributed by atoms with Crippen LogP contribution < -0.4 is 10.5 Å². The van der Waals surface area contributed by atoms with Gasteiger partial charge < -0.3 is 15.1 Å². The number of allylic oxidation sites excluding steroid dienone is 1. The van der Waals surface area contributed by atoms with Gasteiger partial charge in [-0.1, -0.05) is 68.5 Å². The molecule has 2 atom stereocenters. The van der Waals surface area contributed by atoms with Gasteiger partial charge in [-0.05, 0) is 41.5 Å². The number of aliphatic hydroxyl groups excluding tert-OH is 2. The number of aromatic amines is 1. The van der Waals surface area contributed by atoms with Crippen molar-refractivity contribution in [1.29, 1.82) is 0 Å². The van der Waals surface area contributed by atoms with E-state index in [0.29, 0.717) is 11.3 Å². The number of rotatable bonds is 3. The summed E-state index contributed by atoms with van der Waals surface area (Å²) in [5.74, 6) is -1.11. The van der Waals surface area contributed by atoms with Crippen molar-refractivity contribution in [2.45, 2.75) is 44.3 Å². The Morgan fingerprint density at radius 2 is 1.61 bits per heavy atom. The highest BCUT2D eigenvalue weighted by molar-refractivity contribution is 5.94. The molecule has 1 aromatic heterocycles. The molecule has 6 nitrogen and oxygen atoms in total. The largest absolute Gasteiger partial charge is 0.392 e. The number of aromatic nitrogens is 2. The van der Waals surface area contributed by atoms with Gasteiger partial charge in [0.2, 0.25) is 0 Å². The first-order chi connectivity index (χ1) is 17.2. The van der Waals surface area contributed by atoms with E-state index in [-0.39, 0.29) is 11.0 Å². The zero-order valence-corrected chi connectivity index (χ0v) is 20.9. The maximum Gasteiger partial charge on any atom is 0.275 e. The fourth-order valence-corrected chi connectivity index (χ4v) is 6.36. The van der Waals surface area contributed by atoms with E-state index in [1.165, 1.54) is 21.0 Å². The first kappa shape index (κ1) is 22.8. The molecule has 184 valence electrons. The summed E-state index contributed by atoms with van der Waals surface area (Å²) in [5, 5.41) is 28.0. The van der Waals surface area contributed by atoms with Crippen LogP contribution in [-0.4, -0.2) is 39.2 Å². The van der Waals surface area contributed by atoms with E-state index in [9.17, 15) is 15.0 Å². The number of aliphatic hydroxyl groups is 2. The third-order valence-electron chi connectivity index (χ3n) is 8.23. The highest BCUT2D eigenvalue weighted by Gasteiger charge is 2.52. The van der Waals surface area contributed by atoms with Gasteiger partial charge in [0.1, 0.15) is 0 Å². The molecule has 2 unspecified atom stereocenters. The average molecular weight is 482 g/mol. The third-order valence-corrected chi connectivity index (χ3v) is 8.23. The Morgan fingerprint density at radius 1 is 0.944 bits per heavy atom. The molecule has 3 aromatic carbocycles.